The number of hydrogen-bond acceptors (Lipinski definition) is 6. The molecule has 1 atom stereocenters. The lowest BCUT2D eigenvalue weighted by molar-refractivity contribution is -0.128. The Balaban J connectivity index is 1.82. The summed E-state index contributed by atoms with van der Waals surface area (Å²) in [5.41, 5.74) is -7.12. The highest BCUT2D eigenvalue weighted by Gasteiger charge is 2.61. The van der Waals surface area contributed by atoms with Crippen molar-refractivity contribution in [1.82, 2.24) is 15.2 Å². The van der Waals surface area contributed by atoms with Gasteiger partial charge in [-0.15, -0.1) is 0 Å². The average Bonchev–Trinajstić information content (AvgIpc) is 3.05. The number of nitrogens with zero attached hydrogens (tertiary/aromatic N) is 3. The average molecular weight is 539 g/mol. The Bertz CT molecular complexity index is 1280. The molecule has 1 aliphatic heterocycles. The topological polar surface area (TPSA) is 99.7 Å². The molecule has 1 aromatic carbocycles. The highest BCUT2D eigenvalue weighted by atomic mass is 32.2. The Kier molecular flexibility index (Phi) is 6.87. The lowest BCUT2D eigenvalue weighted by atomic mass is 9.74. The summed E-state index contributed by atoms with van der Waals surface area (Å²) in [4.78, 5) is 33.3. The van der Waals surface area contributed by atoms with Crippen LogP contribution in [-0.4, -0.2) is 48.3 Å². The molecule has 2 aromatic rings. The Morgan fingerprint density at radius 2 is 1.54 bits per heavy atom. The number of imide groups is 1. The molecule has 37 heavy (non-hydrogen) atoms. The number of benzene rings is 1. The minimum Gasteiger partial charge on any atom is -0.294 e. The van der Waals surface area contributed by atoms with Gasteiger partial charge in [0.05, 0.1) is 10.6 Å². The number of aromatic nitrogens is 1. The van der Waals surface area contributed by atoms with Crippen molar-refractivity contribution < 1.29 is 31.2 Å². The van der Waals surface area contributed by atoms with Gasteiger partial charge in [0.25, 0.3) is 15.7 Å². The van der Waals surface area contributed by atoms with Gasteiger partial charge in [0.1, 0.15) is 11.2 Å². The molecule has 2 heterocycles. The maximum Gasteiger partial charge on any atom is 0.501 e. The summed E-state index contributed by atoms with van der Waals surface area (Å²) in [7, 11) is -3.83. The van der Waals surface area contributed by atoms with Crippen molar-refractivity contribution in [3.63, 3.8) is 0 Å². The van der Waals surface area contributed by atoms with E-state index in [9.17, 15) is 31.2 Å². The first kappa shape index (κ1) is 27.1. The molecule has 1 aliphatic carbocycles. The largest absolute Gasteiger partial charge is 0.501 e. The van der Waals surface area contributed by atoms with Crippen LogP contribution >= 0.6 is 0 Å². The fourth-order valence-electron chi connectivity index (χ4n) is 5.66. The summed E-state index contributed by atoms with van der Waals surface area (Å²) in [6.07, 6.45) is 7.89. The molecule has 8 nitrogen and oxygen atoms in total. The Labute approximate surface area is 213 Å². The normalized spacial score (nSPS) is 20.8. The van der Waals surface area contributed by atoms with E-state index in [-0.39, 0.29) is 11.6 Å². The maximum atomic E-state index is 14.1. The van der Waals surface area contributed by atoms with E-state index in [4.69, 9.17) is 0 Å². The molecule has 0 radical (unpaired) electrons. The van der Waals surface area contributed by atoms with Gasteiger partial charge in [0.2, 0.25) is 0 Å². The van der Waals surface area contributed by atoms with Crippen molar-refractivity contribution in [2.45, 2.75) is 67.6 Å². The van der Waals surface area contributed by atoms with E-state index >= 15 is 0 Å². The molecule has 0 spiro atoms. The minimum absolute atomic E-state index is 0.0184. The summed E-state index contributed by atoms with van der Waals surface area (Å²) in [5, 5.41) is 3.36. The van der Waals surface area contributed by atoms with Crippen molar-refractivity contribution in [1.29, 1.82) is 0 Å². The first-order valence-electron chi connectivity index (χ1n) is 12.0. The first-order chi connectivity index (χ1) is 17.3. The van der Waals surface area contributed by atoms with E-state index in [1.807, 2.05) is 0 Å². The molecule has 1 N–H and O–H groups in total. The molecule has 4 rings (SSSR count). The number of halogens is 3. The monoisotopic (exact) mass is 538 g/mol. The molecule has 0 bridgehead atoms. The fourth-order valence-corrected chi connectivity index (χ4v) is 6.42. The minimum atomic E-state index is -5.57. The molecular formula is C25H29F3N4O4S. The van der Waals surface area contributed by atoms with Gasteiger partial charge >= 0.3 is 11.5 Å². The van der Waals surface area contributed by atoms with Gasteiger partial charge in [-0.25, -0.2) is 18.1 Å². The summed E-state index contributed by atoms with van der Waals surface area (Å²) >= 11 is 0. The second-order valence-electron chi connectivity index (χ2n) is 9.85. The van der Waals surface area contributed by atoms with Crippen LogP contribution in [0.3, 0.4) is 0 Å². The molecule has 1 saturated carbocycles. The van der Waals surface area contributed by atoms with Crippen molar-refractivity contribution in [2.75, 3.05) is 11.9 Å². The predicted octanol–water partition coefficient (Wildman–Crippen LogP) is 4.58. The number of anilines is 1. The Morgan fingerprint density at radius 3 is 2.05 bits per heavy atom. The molecule has 3 amide bonds. The number of sulfone groups is 1. The van der Waals surface area contributed by atoms with Crippen molar-refractivity contribution in [2.24, 2.45) is 5.92 Å². The highest BCUT2D eigenvalue weighted by molar-refractivity contribution is 7.92. The third-order valence-electron chi connectivity index (χ3n) is 7.43. The van der Waals surface area contributed by atoms with E-state index < -0.39 is 43.4 Å². The Hall–Kier alpha value is -2.99. The van der Waals surface area contributed by atoms with Crippen LogP contribution in [0, 0.1) is 5.92 Å². The van der Waals surface area contributed by atoms with E-state index in [1.165, 1.54) is 4.90 Å². The van der Waals surface area contributed by atoms with E-state index in [0.717, 1.165) is 66.8 Å². The number of nitrogens with one attached hydrogen (secondary N) is 1. The van der Waals surface area contributed by atoms with Crippen LogP contribution in [0.2, 0.25) is 0 Å². The van der Waals surface area contributed by atoms with Crippen LogP contribution in [-0.2, 0) is 20.3 Å². The number of carbonyl (C=O) groups excluding carboxylic acids is 2. The SMILES string of the molecule is CNC(c1ccncc1)(C1CCCCC1)N1C(=O)N(c2ccc(S(=O)(=O)C(F)(F)F)cc2)C(=O)C1(C)C. The molecule has 200 valence electrons. The second kappa shape index (κ2) is 9.39. The fraction of sp³-hybridized carbons (Fsp3) is 0.480. The van der Waals surface area contributed by atoms with Crippen LogP contribution in [0.1, 0.15) is 51.5 Å². The van der Waals surface area contributed by atoms with Gasteiger partial charge in [-0.2, -0.15) is 13.2 Å². The molecule has 1 unspecified atom stereocenters. The molecule has 2 aliphatic rings. The van der Waals surface area contributed by atoms with Crippen LogP contribution in [0.4, 0.5) is 23.7 Å². The number of amides is 3. The first-order valence-corrected chi connectivity index (χ1v) is 13.5. The van der Waals surface area contributed by atoms with Gasteiger partial charge in [-0.1, -0.05) is 19.3 Å². The quantitative estimate of drug-likeness (QED) is 0.541. The standard InChI is InChI=1S/C25H29F3N4O4S/c1-23(2)21(33)31(19-9-11-20(12-10-19)37(35,36)25(26,27)28)22(34)32(23)24(29-3,17-7-5-4-6-8-17)18-13-15-30-16-14-18/h9-17,29H,4-8H2,1-3H3. The summed E-state index contributed by atoms with van der Waals surface area (Å²) in [5.74, 6) is -0.600. The van der Waals surface area contributed by atoms with Crippen molar-refractivity contribution in [3.8, 4) is 0 Å². The zero-order valence-electron chi connectivity index (χ0n) is 20.7. The number of urea groups is 1. The molecule has 1 saturated heterocycles. The smallest absolute Gasteiger partial charge is 0.294 e. The van der Waals surface area contributed by atoms with Crippen molar-refractivity contribution >= 4 is 27.5 Å². The van der Waals surface area contributed by atoms with Crippen molar-refractivity contribution in [3.05, 3.63) is 54.4 Å². The molecule has 1 aromatic heterocycles. The van der Waals surface area contributed by atoms with Crippen LogP contribution in [0.25, 0.3) is 0 Å². The number of alkyl halides is 3. The third-order valence-corrected chi connectivity index (χ3v) is 8.93. The summed E-state index contributed by atoms with van der Waals surface area (Å²) in [6.45, 7) is 3.26. The molecule has 12 heteroatoms. The van der Waals surface area contributed by atoms with Gasteiger partial charge in [0, 0.05) is 18.3 Å². The number of carbonyl (C=O) groups is 2. The molecule has 2 fully saturated rings. The van der Waals surface area contributed by atoms with E-state index in [1.54, 1.807) is 45.4 Å². The van der Waals surface area contributed by atoms with E-state index in [2.05, 4.69) is 10.3 Å². The Morgan fingerprint density at radius 1 is 0.973 bits per heavy atom. The predicted molar refractivity (Wildman–Crippen MR) is 130 cm³/mol. The van der Waals surface area contributed by atoms with Crippen LogP contribution < -0.4 is 10.2 Å². The molecular weight excluding hydrogens is 509 g/mol. The summed E-state index contributed by atoms with van der Waals surface area (Å²) < 4.78 is 62.5. The maximum absolute atomic E-state index is 14.1. The zero-order valence-corrected chi connectivity index (χ0v) is 21.6. The van der Waals surface area contributed by atoms with Gasteiger partial charge < -0.3 is 0 Å². The van der Waals surface area contributed by atoms with E-state index in [0.29, 0.717) is 0 Å². The summed E-state index contributed by atoms with van der Waals surface area (Å²) in [6, 6.07) is 6.55. The number of pyridine rings is 1. The van der Waals surface area contributed by atoms with Crippen LogP contribution in [0.15, 0.2) is 53.7 Å². The van der Waals surface area contributed by atoms with Crippen LogP contribution in [0.5, 0.6) is 0 Å². The lowest BCUT2D eigenvalue weighted by Gasteiger charge is -2.52. The van der Waals surface area contributed by atoms with Gasteiger partial charge in [-0.3, -0.25) is 20.0 Å². The van der Waals surface area contributed by atoms with Gasteiger partial charge in [0.15, 0.2) is 0 Å². The number of rotatable bonds is 6. The third kappa shape index (κ3) is 4.19. The zero-order chi connectivity index (χ0) is 27.2. The van der Waals surface area contributed by atoms with Gasteiger partial charge in [-0.05, 0) is 75.7 Å². The number of hydrogen-bond donors (Lipinski definition) is 1. The highest BCUT2D eigenvalue weighted by Crippen LogP contribution is 2.48. The second-order valence-corrected chi connectivity index (χ2v) is 11.8. The lowest BCUT2D eigenvalue weighted by Crippen LogP contribution is -2.66.